The van der Waals surface area contributed by atoms with Crippen molar-refractivity contribution < 1.29 is 9.21 Å². The summed E-state index contributed by atoms with van der Waals surface area (Å²) in [5.41, 5.74) is 4.46. The molecule has 2 aromatic carbocycles. The summed E-state index contributed by atoms with van der Waals surface area (Å²) in [6, 6.07) is 16.0. The third-order valence-corrected chi connectivity index (χ3v) is 4.81. The summed E-state index contributed by atoms with van der Waals surface area (Å²) in [6.45, 7) is 4.51. The molecule has 0 fully saturated rings. The molecule has 0 aliphatic rings. The van der Waals surface area contributed by atoms with Crippen LogP contribution in [0.15, 0.2) is 65.5 Å². The van der Waals surface area contributed by atoms with Crippen LogP contribution < -0.4 is 5.32 Å². The Labute approximate surface area is 163 Å². The van der Waals surface area contributed by atoms with Crippen LogP contribution in [0.4, 0.5) is 0 Å². The van der Waals surface area contributed by atoms with E-state index in [4.69, 9.17) is 4.42 Å². The Bertz CT molecular complexity index is 1100. The van der Waals surface area contributed by atoms with Gasteiger partial charge in [0.25, 0.3) is 5.91 Å². The molecule has 1 atom stereocenters. The number of nitrogens with zero attached hydrogens (tertiary/aromatic N) is 3. The van der Waals surface area contributed by atoms with E-state index in [1.807, 2.05) is 66.9 Å². The quantitative estimate of drug-likeness (QED) is 0.547. The zero-order valence-corrected chi connectivity index (χ0v) is 15.9. The lowest BCUT2D eigenvalue weighted by Crippen LogP contribution is -2.28. The molecule has 1 N–H and O–H groups in total. The van der Waals surface area contributed by atoms with Crippen LogP contribution in [-0.2, 0) is 6.54 Å². The first kappa shape index (κ1) is 18.0. The van der Waals surface area contributed by atoms with E-state index in [0.717, 1.165) is 23.0 Å². The highest BCUT2D eigenvalue weighted by Crippen LogP contribution is 2.18. The van der Waals surface area contributed by atoms with Gasteiger partial charge in [-0.25, -0.2) is 9.97 Å². The monoisotopic (exact) mass is 374 g/mol. The molecule has 0 spiro atoms. The molecule has 1 amide bonds. The summed E-state index contributed by atoms with van der Waals surface area (Å²) in [5, 5.41) is 3.04. The van der Waals surface area contributed by atoms with Crippen LogP contribution in [0.1, 0.15) is 46.9 Å². The van der Waals surface area contributed by atoms with Crippen molar-refractivity contribution in [1.29, 1.82) is 0 Å². The van der Waals surface area contributed by atoms with Gasteiger partial charge in [-0.05, 0) is 31.0 Å². The predicted molar refractivity (Wildman–Crippen MR) is 107 cm³/mol. The number of hydrogen-bond donors (Lipinski definition) is 1. The van der Waals surface area contributed by atoms with Crippen LogP contribution in [0, 0.1) is 6.92 Å². The molecule has 0 saturated carbocycles. The van der Waals surface area contributed by atoms with Gasteiger partial charge in [-0.2, -0.15) is 0 Å². The molecule has 0 bridgehead atoms. The Kier molecular flexibility index (Phi) is 4.93. The van der Waals surface area contributed by atoms with Gasteiger partial charge in [-0.15, -0.1) is 0 Å². The first-order valence-corrected chi connectivity index (χ1v) is 9.35. The van der Waals surface area contributed by atoms with Crippen molar-refractivity contribution in [2.75, 3.05) is 0 Å². The predicted octanol–water partition coefficient (Wildman–Crippen LogP) is 4.26. The van der Waals surface area contributed by atoms with E-state index in [1.165, 1.54) is 11.8 Å². The molecule has 4 aromatic rings. The average Bonchev–Trinajstić information content (AvgIpc) is 3.35. The second-order valence-electron chi connectivity index (χ2n) is 6.83. The van der Waals surface area contributed by atoms with Crippen molar-refractivity contribution in [2.45, 2.75) is 32.9 Å². The van der Waals surface area contributed by atoms with Gasteiger partial charge in [0, 0.05) is 0 Å². The number of imidazole rings is 1. The number of nitrogens with one attached hydrogen (secondary N) is 1. The van der Waals surface area contributed by atoms with Crippen molar-refractivity contribution >= 4 is 16.9 Å². The minimum atomic E-state index is -0.238. The van der Waals surface area contributed by atoms with Gasteiger partial charge in [0.1, 0.15) is 12.8 Å². The number of para-hydroxylation sites is 2. The van der Waals surface area contributed by atoms with Crippen molar-refractivity contribution in [3.05, 3.63) is 83.8 Å². The van der Waals surface area contributed by atoms with Gasteiger partial charge >= 0.3 is 0 Å². The Balaban J connectivity index is 1.47. The zero-order valence-electron chi connectivity index (χ0n) is 15.9. The minimum absolute atomic E-state index is 0.0640. The number of rotatable bonds is 6. The lowest BCUT2D eigenvalue weighted by atomic mass is 10.0. The Hall–Kier alpha value is -3.41. The van der Waals surface area contributed by atoms with Gasteiger partial charge in [0.15, 0.2) is 5.69 Å². The number of benzene rings is 2. The molecule has 142 valence electrons. The van der Waals surface area contributed by atoms with Crippen molar-refractivity contribution in [3.63, 3.8) is 0 Å². The van der Waals surface area contributed by atoms with Crippen molar-refractivity contribution in [3.8, 4) is 0 Å². The summed E-state index contributed by atoms with van der Waals surface area (Å²) in [5.74, 6) is 0.231. The number of aromatic nitrogens is 3. The zero-order chi connectivity index (χ0) is 19.5. The molecule has 0 radical (unpaired) electrons. The minimum Gasteiger partial charge on any atom is -0.446 e. The Morgan fingerprint density at radius 2 is 1.96 bits per heavy atom. The van der Waals surface area contributed by atoms with Gasteiger partial charge in [-0.3, -0.25) is 4.79 Å². The number of carbonyl (C=O) groups is 1. The topological polar surface area (TPSA) is 73.0 Å². The fourth-order valence-corrected chi connectivity index (χ4v) is 3.22. The summed E-state index contributed by atoms with van der Waals surface area (Å²) in [4.78, 5) is 21.4. The largest absolute Gasteiger partial charge is 0.446 e. The fraction of sp³-hybridized carbons (Fsp3) is 0.227. The molecule has 28 heavy (non-hydrogen) atoms. The Morgan fingerprint density at radius 1 is 1.18 bits per heavy atom. The molecule has 0 aliphatic carbocycles. The summed E-state index contributed by atoms with van der Waals surface area (Å²) < 4.78 is 7.47. The molecular weight excluding hydrogens is 352 g/mol. The molecule has 0 saturated heterocycles. The van der Waals surface area contributed by atoms with Crippen LogP contribution in [0.5, 0.6) is 0 Å². The highest BCUT2D eigenvalue weighted by Gasteiger charge is 2.18. The maximum Gasteiger partial charge on any atom is 0.273 e. The molecule has 2 heterocycles. The van der Waals surface area contributed by atoms with Gasteiger partial charge in [0.05, 0.1) is 23.4 Å². The van der Waals surface area contributed by atoms with Crippen molar-refractivity contribution in [2.24, 2.45) is 0 Å². The summed E-state index contributed by atoms with van der Waals surface area (Å²) >= 11 is 0. The van der Waals surface area contributed by atoms with E-state index in [9.17, 15) is 4.79 Å². The standard InChI is InChI=1S/C22H22N4O2/c1-3-17(16-10-8-15(2)9-11-16)25-22(27)19-13-28-21(24-19)12-26-14-23-18-6-4-5-7-20(18)26/h4-11,13-14,17H,3,12H2,1-2H3,(H,25,27)/t17-/m1/s1. The van der Waals surface area contributed by atoms with Crippen LogP contribution in [0.2, 0.25) is 0 Å². The highest BCUT2D eigenvalue weighted by atomic mass is 16.3. The van der Waals surface area contributed by atoms with Gasteiger partial charge < -0.3 is 14.3 Å². The van der Waals surface area contributed by atoms with Crippen LogP contribution in [0.25, 0.3) is 11.0 Å². The normalized spacial score (nSPS) is 12.2. The van der Waals surface area contributed by atoms with E-state index in [2.05, 4.69) is 15.3 Å². The lowest BCUT2D eigenvalue weighted by molar-refractivity contribution is 0.0930. The van der Waals surface area contributed by atoms with E-state index in [1.54, 1.807) is 6.33 Å². The first-order valence-electron chi connectivity index (χ1n) is 9.35. The number of carbonyl (C=O) groups excluding carboxylic acids is 1. The molecular formula is C22H22N4O2. The van der Waals surface area contributed by atoms with E-state index in [0.29, 0.717) is 12.4 Å². The Morgan fingerprint density at radius 3 is 2.75 bits per heavy atom. The summed E-state index contributed by atoms with van der Waals surface area (Å²) in [7, 11) is 0. The maximum atomic E-state index is 12.6. The van der Waals surface area contributed by atoms with E-state index in [-0.39, 0.29) is 17.6 Å². The van der Waals surface area contributed by atoms with Crippen LogP contribution in [-0.4, -0.2) is 20.4 Å². The fourth-order valence-electron chi connectivity index (χ4n) is 3.22. The maximum absolute atomic E-state index is 12.6. The van der Waals surface area contributed by atoms with Gasteiger partial charge in [0.2, 0.25) is 5.89 Å². The lowest BCUT2D eigenvalue weighted by Gasteiger charge is -2.16. The molecule has 2 aromatic heterocycles. The number of fused-ring (bicyclic) bond motifs is 1. The first-order chi connectivity index (χ1) is 13.6. The van der Waals surface area contributed by atoms with Gasteiger partial charge in [-0.1, -0.05) is 48.9 Å². The van der Waals surface area contributed by atoms with E-state index >= 15 is 0 Å². The second-order valence-corrected chi connectivity index (χ2v) is 6.83. The average molecular weight is 374 g/mol. The smallest absolute Gasteiger partial charge is 0.273 e. The summed E-state index contributed by atoms with van der Waals surface area (Å²) in [6.07, 6.45) is 3.95. The SMILES string of the molecule is CC[C@@H](NC(=O)c1coc(Cn2cnc3ccccc32)n1)c1ccc(C)cc1. The third kappa shape index (κ3) is 3.67. The number of oxazole rings is 1. The second kappa shape index (κ2) is 7.68. The number of amides is 1. The van der Waals surface area contributed by atoms with Crippen LogP contribution in [0.3, 0.4) is 0 Å². The van der Waals surface area contributed by atoms with E-state index < -0.39 is 0 Å². The highest BCUT2D eigenvalue weighted by molar-refractivity contribution is 5.92. The molecule has 4 rings (SSSR count). The van der Waals surface area contributed by atoms with Crippen LogP contribution >= 0.6 is 0 Å². The molecule has 0 unspecified atom stereocenters. The molecule has 6 nitrogen and oxygen atoms in total. The van der Waals surface area contributed by atoms with Crippen molar-refractivity contribution in [1.82, 2.24) is 19.9 Å². The molecule has 0 aliphatic heterocycles. The number of aryl methyl sites for hydroxylation is 1. The third-order valence-electron chi connectivity index (χ3n) is 4.81. The number of hydrogen-bond acceptors (Lipinski definition) is 4. The molecule has 6 heteroatoms.